The maximum absolute atomic E-state index is 12.3. The second kappa shape index (κ2) is 9.48. The van der Waals surface area contributed by atoms with Gasteiger partial charge >= 0.3 is 0 Å². The van der Waals surface area contributed by atoms with Crippen LogP contribution in [-0.2, 0) is 4.79 Å². The lowest BCUT2D eigenvalue weighted by Gasteiger charge is -2.37. The smallest absolute Gasteiger partial charge is 0.244 e. The first-order chi connectivity index (χ1) is 13.2. The number of piperazine rings is 1. The maximum Gasteiger partial charge on any atom is 0.244 e. The molecule has 7 heteroatoms. The number of nitrogens with zero attached hydrogens (tertiary/aromatic N) is 4. The van der Waals surface area contributed by atoms with E-state index < -0.39 is 0 Å². The summed E-state index contributed by atoms with van der Waals surface area (Å²) >= 11 is 0. The number of anilines is 1. The Balaban J connectivity index is 1.55. The number of methoxy groups -OCH3 is 1. The SMILES string of the molecule is CCNC(=NCC(=O)N1CCCC1)N1CCN(c2ccc(OC)cc2)CC1. The molecule has 0 saturated carbocycles. The van der Waals surface area contributed by atoms with Crippen LogP contribution in [0.25, 0.3) is 0 Å². The van der Waals surface area contributed by atoms with Crippen molar-refractivity contribution in [2.75, 3.05) is 64.4 Å². The lowest BCUT2D eigenvalue weighted by atomic mass is 10.2. The number of carbonyl (C=O) groups is 1. The molecule has 2 fully saturated rings. The molecule has 2 aliphatic heterocycles. The van der Waals surface area contributed by atoms with E-state index in [2.05, 4.69) is 39.2 Å². The Morgan fingerprint density at radius 1 is 1.04 bits per heavy atom. The number of hydrogen-bond acceptors (Lipinski definition) is 4. The molecule has 0 atom stereocenters. The number of rotatable bonds is 5. The number of likely N-dealkylation sites (tertiary alicyclic amines) is 1. The predicted molar refractivity (Wildman–Crippen MR) is 109 cm³/mol. The fourth-order valence-electron chi connectivity index (χ4n) is 3.60. The minimum Gasteiger partial charge on any atom is -0.497 e. The standard InChI is InChI=1S/C20H31N5O2/c1-3-21-20(22-16-19(26)24-10-4-5-11-24)25-14-12-23(13-15-25)17-6-8-18(27-2)9-7-17/h6-9H,3-5,10-16H2,1-2H3,(H,21,22). The highest BCUT2D eigenvalue weighted by atomic mass is 16.5. The molecule has 0 radical (unpaired) electrons. The average molecular weight is 374 g/mol. The van der Waals surface area contributed by atoms with E-state index in [1.54, 1.807) is 7.11 Å². The molecule has 2 heterocycles. The molecule has 0 aliphatic carbocycles. The second-order valence-corrected chi connectivity index (χ2v) is 6.93. The van der Waals surface area contributed by atoms with Gasteiger partial charge in [-0.1, -0.05) is 0 Å². The van der Waals surface area contributed by atoms with Crippen LogP contribution >= 0.6 is 0 Å². The number of amides is 1. The van der Waals surface area contributed by atoms with Crippen molar-refractivity contribution in [2.45, 2.75) is 19.8 Å². The zero-order valence-electron chi connectivity index (χ0n) is 16.5. The summed E-state index contributed by atoms with van der Waals surface area (Å²) in [6.45, 7) is 8.48. The monoisotopic (exact) mass is 373 g/mol. The highest BCUT2D eigenvalue weighted by Gasteiger charge is 2.21. The molecule has 1 aromatic carbocycles. The van der Waals surface area contributed by atoms with Crippen molar-refractivity contribution in [3.05, 3.63) is 24.3 Å². The van der Waals surface area contributed by atoms with Crippen LogP contribution in [0.3, 0.4) is 0 Å². The highest BCUT2D eigenvalue weighted by Crippen LogP contribution is 2.20. The third-order valence-electron chi connectivity index (χ3n) is 5.17. The largest absolute Gasteiger partial charge is 0.497 e. The van der Waals surface area contributed by atoms with Crippen molar-refractivity contribution in [2.24, 2.45) is 4.99 Å². The molecule has 0 aromatic heterocycles. The van der Waals surface area contributed by atoms with Crippen LogP contribution in [0.1, 0.15) is 19.8 Å². The molecule has 0 spiro atoms. The number of benzene rings is 1. The molecule has 1 N–H and O–H groups in total. The molecule has 2 aliphatic rings. The molecule has 2 saturated heterocycles. The van der Waals surface area contributed by atoms with Gasteiger partial charge < -0.3 is 24.8 Å². The fourth-order valence-corrected chi connectivity index (χ4v) is 3.60. The topological polar surface area (TPSA) is 60.4 Å². The van der Waals surface area contributed by atoms with Crippen LogP contribution in [0, 0.1) is 0 Å². The molecule has 7 nitrogen and oxygen atoms in total. The van der Waals surface area contributed by atoms with E-state index in [-0.39, 0.29) is 12.5 Å². The van der Waals surface area contributed by atoms with Gasteiger partial charge in [0.05, 0.1) is 7.11 Å². The lowest BCUT2D eigenvalue weighted by Crippen LogP contribution is -2.52. The summed E-state index contributed by atoms with van der Waals surface area (Å²) in [5.41, 5.74) is 1.21. The first-order valence-electron chi connectivity index (χ1n) is 9.91. The van der Waals surface area contributed by atoms with Crippen LogP contribution in [0.4, 0.5) is 5.69 Å². The van der Waals surface area contributed by atoms with Gasteiger partial charge in [0.1, 0.15) is 12.3 Å². The highest BCUT2D eigenvalue weighted by molar-refractivity contribution is 5.85. The van der Waals surface area contributed by atoms with Crippen molar-refractivity contribution in [3.63, 3.8) is 0 Å². The quantitative estimate of drug-likeness (QED) is 0.625. The van der Waals surface area contributed by atoms with Gasteiger partial charge in [-0.2, -0.15) is 0 Å². The first-order valence-corrected chi connectivity index (χ1v) is 9.91. The number of nitrogens with one attached hydrogen (secondary N) is 1. The van der Waals surface area contributed by atoms with Gasteiger partial charge in [-0.3, -0.25) is 4.79 Å². The molecular formula is C20H31N5O2. The Kier molecular flexibility index (Phi) is 6.79. The van der Waals surface area contributed by atoms with E-state index in [9.17, 15) is 4.79 Å². The van der Waals surface area contributed by atoms with Gasteiger partial charge in [0.2, 0.25) is 5.91 Å². The normalized spacial score (nSPS) is 18.0. The summed E-state index contributed by atoms with van der Waals surface area (Å²) in [5.74, 6) is 1.86. The van der Waals surface area contributed by atoms with Crippen molar-refractivity contribution < 1.29 is 9.53 Å². The summed E-state index contributed by atoms with van der Waals surface area (Å²) in [6, 6.07) is 8.19. The minimum atomic E-state index is 0.139. The second-order valence-electron chi connectivity index (χ2n) is 6.93. The van der Waals surface area contributed by atoms with E-state index in [0.717, 1.165) is 70.4 Å². The number of hydrogen-bond donors (Lipinski definition) is 1. The summed E-state index contributed by atoms with van der Waals surface area (Å²) in [4.78, 5) is 23.4. The molecule has 3 rings (SSSR count). The van der Waals surface area contributed by atoms with Crippen molar-refractivity contribution in [1.82, 2.24) is 15.1 Å². The Morgan fingerprint density at radius 2 is 1.70 bits per heavy atom. The molecular weight excluding hydrogens is 342 g/mol. The maximum atomic E-state index is 12.3. The zero-order valence-corrected chi connectivity index (χ0v) is 16.5. The van der Waals surface area contributed by atoms with Gasteiger partial charge in [0, 0.05) is 51.5 Å². The van der Waals surface area contributed by atoms with Crippen molar-refractivity contribution in [1.29, 1.82) is 0 Å². The average Bonchev–Trinajstić information content (AvgIpc) is 3.26. The summed E-state index contributed by atoms with van der Waals surface area (Å²) in [7, 11) is 1.68. The number of aliphatic imine (C=N–C) groups is 1. The van der Waals surface area contributed by atoms with Crippen molar-refractivity contribution in [3.8, 4) is 5.75 Å². The molecule has 1 aromatic rings. The van der Waals surface area contributed by atoms with Gasteiger partial charge in [-0.25, -0.2) is 4.99 Å². The third kappa shape index (κ3) is 5.05. The van der Waals surface area contributed by atoms with Crippen LogP contribution < -0.4 is 15.0 Å². The molecule has 1 amide bonds. The molecule has 0 unspecified atom stereocenters. The summed E-state index contributed by atoms with van der Waals surface area (Å²) in [6.07, 6.45) is 2.23. The van der Waals surface area contributed by atoms with Gasteiger partial charge in [0.15, 0.2) is 5.96 Å². The fraction of sp³-hybridized carbons (Fsp3) is 0.600. The minimum absolute atomic E-state index is 0.139. The predicted octanol–water partition coefficient (Wildman–Crippen LogP) is 1.41. The van der Waals surface area contributed by atoms with E-state index in [4.69, 9.17) is 4.74 Å². The first kappa shape index (κ1) is 19.3. The van der Waals surface area contributed by atoms with Gasteiger partial charge in [0.25, 0.3) is 0 Å². The summed E-state index contributed by atoms with van der Waals surface area (Å²) < 4.78 is 5.23. The Bertz CT molecular complexity index is 632. The zero-order chi connectivity index (χ0) is 19.1. The lowest BCUT2D eigenvalue weighted by molar-refractivity contribution is -0.128. The van der Waals surface area contributed by atoms with Crippen molar-refractivity contribution >= 4 is 17.6 Å². The van der Waals surface area contributed by atoms with E-state index >= 15 is 0 Å². The van der Waals surface area contributed by atoms with Crippen LogP contribution in [-0.4, -0.2) is 81.1 Å². The Morgan fingerprint density at radius 3 is 2.30 bits per heavy atom. The molecule has 0 bridgehead atoms. The van der Waals surface area contributed by atoms with Crippen LogP contribution in [0.2, 0.25) is 0 Å². The number of guanidine groups is 1. The van der Waals surface area contributed by atoms with Gasteiger partial charge in [-0.05, 0) is 44.0 Å². The van der Waals surface area contributed by atoms with E-state index in [1.165, 1.54) is 5.69 Å². The van der Waals surface area contributed by atoms with Gasteiger partial charge in [-0.15, -0.1) is 0 Å². The Labute approximate surface area is 162 Å². The Hall–Kier alpha value is -2.44. The molecule has 27 heavy (non-hydrogen) atoms. The van der Waals surface area contributed by atoms with E-state index in [1.807, 2.05) is 17.0 Å². The summed E-state index contributed by atoms with van der Waals surface area (Å²) in [5, 5.41) is 3.34. The van der Waals surface area contributed by atoms with Crippen LogP contribution in [0.15, 0.2) is 29.3 Å². The number of carbonyl (C=O) groups excluding carboxylic acids is 1. The third-order valence-corrected chi connectivity index (χ3v) is 5.17. The van der Waals surface area contributed by atoms with E-state index in [0.29, 0.717) is 0 Å². The van der Waals surface area contributed by atoms with Crippen LogP contribution in [0.5, 0.6) is 5.75 Å². The molecule has 148 valence electrons. The number of ether oxygens (including phenoxy) is 1.